The molecule has 27 heavy (non-hydrogen) atoms. The van der Waals surface area contributed by atoms with E-state index in [4.69, 9.17) is 16.3 Å². The number of nitrogens with zero attached hydrogens (tertiary/aromatic N) is 2. The van der Waals surface area contributed by atoms with Gasteiger partial charge in [-0.25, -0.2) is 12.8 Å². The minimum Gasteiger partial charge on any atom is -0.379 e. The third kappa shape index (κ3) is 4.49. The van der Waals surface area contributed by atoms with Crippen molar-refractivity contribution in [3.8, 4) is 0 Å². The Bertz CT molecular complexity index is 942. The molecule has 0 aliphatic carbocycles. The Morgan fingerprint density at radius 2 is 2.00 bits per heavy atom. The number of hydrogen-bond acceptors (Lipinski definition) is 5. The predicted octanol–water partition coefficient (Wildman–Crippen LogP) is 2.83. The van der Waals surface area contributed by atoms with Crippen molar-refractivity contribution in [1.82, 2.24) is 9.21 Å². The summed E-state index contributed by atoms with van der Waals surface area (Å²) in [6.07, 6.45) is 0. The molecule has 1 aromatic carbocycles. The highest BCUT2D eigenvalue weighted by atomic mass is 35.5. The van der Waals surface area contributed by atoms with Crippen molar-refractivity contribution in [3.63, 3.8) is 0 Å². The molecule has 6 nitrogen and oxygen atoms in total. The van der Waals surface area contributed by atoms with E-state index in [1.54, 1.807) is 12.1 Å². The zero-order valence-electron chi connectivity index (χ0n) is 14.5. The van der Waals surface area contributed by atoms with Crippen molar-refractivity contribution in [3.05, 3.63) is 50.9 Å². The summed E-state index contributed by atoms with van der Waals surface area (Å²) in [4.78, 5) is 14.7. The molecule has 0 saturated carbocycles. The third-order valence-corrected chi connectivity index (χ3v) is 7.26. The highest BCUT2D eigenvalue weighted by molar-refractivity contribution is 7.89. The molecule has 1 aliphatic rings. The average Bonchev–Trinajstić information content (AvgIpc) is 3.06. The zero-order valence-corrected chi connectivity index (χ0v) is 16.9. The Morgan fingerprint density at radius 1 is 1.30 bits per heavy atom. The molecule has 0 radical (unpaired) electrons. The maximum Gasteiger partial charge on any atom is 0.256 e. The molecule has 0 unspecified atom stereocenters. The van der Waals surface area contributed by atoms with Crippen molar-refractivity contribution in [2.24, 2.45) is 0 Å². The lowest BCUT2D eigenvalue weighted by Gasteiger charge is -2.26. The van der Waals surface area contributed by atoms with E-state index in [-0.39, 0.29) is 30.1 Å². The second-order valence-electron chi connectivity index (χ2n) is 6.03. The molecular weight excluding hydrogens is 415 g/mol. The van der Waals surface area contributed by atoms with Gasteiger partial charge < -0.3 is 9.64 Å². The molecule has 1 saturated heterocycles. The quantitative estimate of drug-likeness (QED) is 0.728. The van der Waals surface area contributed by atoms with Crippen LogP contribution in [-0.4, -0.2) is 56.9 Å². The van der Waals surface area contributed by atoms with Gasteiger partial charge in [0.1, 0.15) is 5.82 Å². The van der Waals surface area contributed by atoms with Crippen molar-refractivity contribution in [2.75, 3.05) is 33.4 Å². The topological polar surface area (TPSA) is 66.9 Å². The first-order valence-corrected chi connectivity index (χ1v) is 10.8. The van der Waals surface area contributed by atoms with E-state index >= 15 is 0 Å². The molecule has 1 aliphatic heterocycles. The molecular formula is C17H18ClFN2O4S2. The van der Waals surface area contributed by atoms with Crippen LogP contribution in [0.1, 0.15) is 15.2 Å². The largest absolute Gasteiger partial charge is 0.379 e. The fraction of sp³-hybridized carbons (Fsp3) is 0.353. The van der Waals surface area contributed by atoms with E-state index in [1.165, 1.54) is 33.7 Å². The number of amides is 1. The lowest BCUT2D eigenvalue weighted by atomic mass is 10.2. The summed E-state index contributed by atoms with van der Waals surface area (Å²) < 4.78 is 46.8. The Morgan fingerprint density at radius 3 is 2.63 bits per heavy atom. The molecule has 10 heteroatoms. The minimum absolute atomic E-state index is 0.110. The summed E-state index contributed by atoms with van der Waals surface area (Å²) in [5.74, 6) is -1.37. The second-order valence-corrected chi connectivity index (χ2v) is 9.76. The van der Waals surface area contributed by atoms with Crippen LogP contribution in [0.3, 0.4) is 0 Å². The van der Waals surface area contributed by atoms with Gasteiger partial charge in [0, 0.05) is 25.0 Å². The first kappa shape index (κ1) is 20.2. The van der Waals surface area contributed by atoms with E-state index < -0.39 is 21.7 Å². The maximum atomic E-state index is 14.3. The standard InChI is InChI=1S/C17H18ClFN2O4S2/c1-20(11-12-2-5-16(18)26-12)17(22)14-10-13(3-4-15(14)19)27(23,24)21-6-8-25-9-7-21/h2-5,10H,6-9,11H2,1H3. The SMILES string of the molecule is CN(Cc1ccc(Cl)s1)C(=O)c1cc(S(=O)(=O)N2CCOCC2)ccc1F. The Labute approximate surface area is 166 Å². The van der Waals surface area contributed by atoms with E-state index in [1.807, 2.05) is 0 Å². The molecule has 1 aromatic heterocycles. The maximum absolute atomic E-state index is 14.3. The number of thiophene rings is 1. The van der Waals surface area contributed by atoms with Gasteiger partial charge in [-0.05, 0) is 30.3 Å². The minimum atomic E-state index is -3.82. The number of carbonyl (C=O) groups is 1. The van der Waals surface area contributed by atoms with Gasteiger partial charge in [-0.2, -0.15) is 4.31 Å². The van der Waals surface area contributed by atoms with E-state index in [0.29, 0.717) is 17.6 Å². The number of sulfonamides is 1. The molecule has 0 N–H and O–H groups in total. The van der Waals surface area contributed by atoms with Gasteiger partial charge in [0.25, 0.3) is 5.91 Å². The van der Waals surface area contributed by atoms with Crippen molar-refractivity contribution < 1.29 is 22.3 Å². The van der Waals surface area contributed by atoms with Crippen LogP contribution in [0.2, 0.25) is 4.34 Å². The van der Waals surface area contributed by atoms with Crippen LogP contribution in [0.15, 0.2) is 35.2 Å². The fourth-order valence-electron chi connectivity index (χ4n) is 2.71. The molecule has 1 amide bonds. The third-order valence-electron chi connectivity index (χ3n) is 4.14. The van der Waals surface area contributed by atoms with Crippen molar-refractivity contribution in [1.29, 1.82) is 0 Å². The Hall–Kier alpha value is -1.52. The predicted molar refractivity (Wildman–Crippen MR) is 101 cm³/mol. The van der Waals surface area contributed by atoms with Gasteiger partial charge in [0.2, 0.25) is 10.0 Å². The number of benzene rings is 1. The van der Waals surface area contributed by atoms with Crippen LogP contribution in [0.25, 0.3) is 0 Å². The van der Waals surface area contributed by atoms with Crippen LogP contribution in [0, 0.1) is 5.82 Å². The normalized spacial score (nSPS) is 15.7. The zero-order chi connectivity index (χ0) is 19.6. The van der Waals surface area contributed by atoms with Gasteiger partial charge in [-0.3, -0.25) is 4.79 Å². The lowest BCUT2D eigenvalue weighted by molar-refractivity contribution is 0.0730. The highest BCUT2D eigenvalue weighted by Crippen LogP contribution is 2.24. The molecule has 0 atom stereocenters. The van der Waals surface area contributed by atoms with Gasteiger partial charge in [0.05, 0.1) is 34.6 Å². The highest BCUT2D eigenvalue weighted by Gasteiger charge is 2.28. The van der Waals surface area contributed by atoms with Crippen LogP contribution in [0.4, 0.5) is 4.39 Å². The first-order chi connectivity index (χ1) is 12.8. The summed E-state index contributed by atoms with van der Waals surface area (Å²) in [6, 6.07) is 6.79. The van der Waals surface area contributed by atoms with E-state index in [2.05, 4.69) is 0 Å². The summed E-state index contributed by atoms with van der Waals surface area (Å²) in [7, 11) is -2.29. The lowest BCUT2D eigenvalue weighted by Crippen LogP contribution is -2.40. The van der Waals surface area contributed by atoms with Crippen molar-refractivity contribution >= 4 is 38.9 Å². The van der Waals surface area contributed by atoms with Gasteiger partial charge in [-0.15, -0.1) is 11.3 Å². The van der Waals surface area contributed by atoms with Crippen LogP contribution >= 0.6 is 22.9 Å². The first-order valence-electron chi connectivity index (χ1n) is 8.16. The van der Waals surface area contributed by atoms with Crippen LogP contribution in [-0.2, 0) is 21.3 Å². The van der Waals surface area contributed by atoms with Gasteiger partial charge in [-0.1, -0.05) is 11.6 Å². The number of hydrogen-bond donors (Lipinski definition) is 0. The summed E-state index contributed by atoms with van der Waals surface area (Å²) in [5.41, 5.74) is -0.283. The van der Waals surface area contributed by atoms with Crippen LogP contribution in [0.5, 0.6) is 0 Å². The van der Waals surface area contributed by atoms with E-state index in [9.17, 15) is 17.6 Å². The number of rotatable bonds is 5. The Balaban J connectivity index is 1.85. The summed E-state index contributed by atoms with van der Waals surface area (Å²) >= 11 is 7.21. The monoisotopic (exact) mass is 432 g/mol. The fourth-order valence-corrected chi connectivity index (χ4v) is 5.29. The molecule has 2 aromatic rings. The summed E-state index contributed by atoms with van der Waals surface area (Å²) in [6.45, 7) is 1.30. The number of ether oxygens (including phenoxy) is 1. The molecule has 146 valence electrons. The molecule has 1 fully saturated rings. The second kappa shape index (κ2) is 8.24. The Kier molecular flexibility index (Phi) is 6.17. The number of carbonyl (C=O) groups excluding carboxylic acids is 1. The smallest absolute Gasteiger partial charge is 0.256 e. The molecule has 3 rings (SSSR count). The average molecular weight is 433 g/mol. The summed E-state index contributed by atoms with van der Waals surface area (Å²) in [5, 5.41) is 0. The number of morpholine rings is 1. The van der Waals surface area contributed by atoms with Gasteiger partial charge in [0.15, 0.2) is 0 Å². The molecule has 0 spiro atoms. The molecule has 2 heterocycles. The van der Waals surface area contributed by atoms with E-state index in [0.717, 1.165) is 17.0 Å². The number of halogens is 2. The van der Waals surface area contributed by atoms with Crippen LogP contribution < -0.4 is 0 Å². The molecule has 0 bridgehead atoms. The van der Waals surface area contributed by atoms with Crippen molar-refractivity contribution in [2.45, 2.75) is 11.4 Å². The van der Waals surface area contributed by atoms with Gasteiger partial charge >= 0.3 is 0 Å².